The molecule has 0 radical (unpaired) electrons. The summed E-state index contributed by atoms with van der Waals surface area (Å²) in [5, 5.41) is 15.5. The zero-order valence-electron chi connectivity index (χ0n) is 10.4. The van der Waals surface area contributed by atoms with E-state index >= 15 is 0 Å². The Kier molecular flexibility index (Phi) is 3.01. The van der Waals surface area contributed by atoms with Crippen LogP contribution in [0.3, 0.4) is 0 Å². The third-order valence-corrected chi connectivity index (χ3v) is 4.89. The van der Waals surface area contributed by atoms with Crippen LogP contribution >= 0.6 is 0 Å². The fourth-order valence-electron chi connectivity index (χ4n) is 4.03. The van der Waals surface area contributed by atoms with Crippen LogP contribution in [0.1, 0.15) is 32.1 Å². The topological polar surface area (TPSA) is 78.4 Å². The van der Waals surface area contributed by atoms with Crippen LogP contribution in [-0.2, 0) is 9.59 Å². The molecule has 5 heteroatoms. The average Bonchev–Trinajstić information content (AvgIpc) is 3.05. The zero-order chi connectivity index (χ0) is 12.7. The average molecular weight is 252 g/mol. The van der Waals surface area contributed by atoms with Crippen molar-refractivity contribution in [3.8, 4) is 0 Å². The molecule has 3 aliphatic rings. The maximum absolute atomic E-state index is 12.1. The van der Waals surface area contributed by atoms with Gasteiger partial charge in [-0.15, -0.1) is 0 Å². The number of hydrogen-bond acceptors (Lipinski definition) is 3. The summed E-state index contributed by atoms with van der Waals surface area (Å²) < 4.78 is 0. The van der Waals surface area contributed by atoms with E-state index in [0.29, 0.717) is 5.92 Å². The predicted molar refractivity (Wildman–Crippen MR) is 64.9 cm³/mol. The van der Waals surface area contributed by atoms with Gasteiger partial charge in [0.05, 0.1) is 12.0 Å². The van der Waals surface area contributed by atoms with E-state index in [-0.39, 0.29) is 29.8 Å². The lowest BCUT2D eigenvalue weighted by molar-refractivity contribution is -0.144. The van der Waals surface area contributed by atoms with Gasteiger partial charge < -0.3 is 15.7 Å². The summed E-state index contributed by atoms with van der Waals surface area (Å²) >= 11 is 0. The number of carbonyl (C=O) groups is 2. The quantitative estimate of drug-likeness (QED) is 0.677. The minimum atomic E-state index is -0.744. The van der Waals surface area contributed by atoms with Gasteiger partial charge in [-0.05, 0) is 50.5 Å². The van der Waals surface area contributed by atoms with Crippen molar-refractivity contribution in [2.45, 2.75) is 44.2 Å². The summed E-state index contributed by atoms with van der Waals surface area (Å²) in [5.41, 5.74) is 0. The number of nitrogens with one attached hydrogen (secondary N) is 2. The summed E-state index contributed by atoms with van der Waals surface area (Å²) in [6.45, 7) is 0.886. The first-order chi connectivity index (χ1) is 8.66. The summed E-state index contributed by atoms with van der Waals surface area (Å²) in [6, 6.07) is -0.255. The van der Waals surface area contributed by atoms with E-state index in [1.165, 1.54) is 0 Å². The Morgan fingerprint density at radius 1 is 1.17 bits per heavy atom. The van der Waals surface area contributed by atoms with Crippen molar-refractivity contribution in [2.24, 2.45) is 17.8 Å². The van der Waals surface area contributed by atoms with Crippen molar-refractivity contribution < 1.29 is 14.7 Å². The molecule has 1 saturated heterocycles. The SMILES string of the molecule is O=C(O)C1C2CCC(C2)C1NC(=O)[C@@H]1CCCN1. The molecule has 3 rings (SSSR count). The van der Waals surface area contributed by atoms with Crippen LogP contribution in [0, 0.1) is 17.8 Å². The smallest absolute Gasteiger partial charge is 0.308 e. The first-order valence-electron chi connectivity index (χ1n) is 6.93. The molecule has 100 valence electrons. The highest BCUT2D eigenvalue weighted by Crippen LogP contribution is 2.48. The molecule has 0 aromatic heterocycles. The molecule has 0 aromatic carbocycles. The van der Waals surface area contributed by atoms with Crippen LogP contribution in [0.2, 0.25) is 0 Å². The molecule has 5 nitrogen and oxygen atoms in total. The monoisotopic (exact) mass is 252 g/mol. The van der Waals surface area contributed by atoms with Gasteiger partial charge in [-0.3, -0.25) is 9.59 Å². The zero-order valence-corrected chi connectivity index (χ0v) is 10.4. The lowest BCUT2D eigenvalue weighted by atomic mass is 9.84. The summed E-state index contributed by atoms with van der Waals surface area (Å²) in [7, 11) is 0. The highest BCUT2D eigenvalue weighted by Gasteiger charge is 2.51. The van der Waals surface area contributed by atoms with Gasteiger partial charge in [0.15, 0.2) is 0 Å². The molecule has 5 atom stereocenters. The Hall–Kier alpha value is -1.10. The summed E-state index contributed by atoms with van der Waals surface area (Å²) in [5.74, 6) is -0.465. The summed E-state index contributed by atoms with van der Waals surface area (Å²) in [6.07, 6.45) is 4.94. The van der Waals surface area contributed by atoms with Crippen LogP contribution < -0.4 is 10.6 Å². The van der Waals surface area contributed by atoms with Gasteiger partial charge in [0.1, 0.15) is 0 Å². The Balaban J connectivity index is 1.67. The van der Waals surface area contributed by atoms with E-state index in [9.17, 15) is 14.7 Å². The van der Waals surface area contributed by atoms with Gasteiger partial charge in [0.2, 0.25) is 5.91 Å². The number of fused-ring (bicyclic) bond motifs is 2. The van der Waals surface area contributed by atoms with E-state index in [2.05, 4.69) is 10.6 Å². The molecule has 1 heterocycles. The second kappa shape index (κ2) is 4.53. The first-order valence-corrected chi connectivity index (χ1v) is 6.93. The lowest BCUT2D eigenvalue weighted by Crippen LogP contribution is -2.51. The normalized spacial score (nSPS) is 42.1. The molecule has 4 unspecified atom stereocenters. The van der Waals surface area contributed by atoms with Crippen LogP contribution in [0.4, 0.5) is 0 Å². The van der Waals surface area contributed by atoms with E-state index in [1.54, 1.807) is 0 Å². The van der Waals surface area contributed by atoms with E-state index in [4.69, 9.17) is 0 Å². The Morgan fingerprint density at radius 2 is 1.94 bits per heavy atom. The molecule has 3 fully saturated rings. The van der Waals surface area contributed by atoms with Gasteiger partial charge in [-0.25, -0.2) is 0 Å². The van der Waals surface area contributed by atoms with Crippen LogP contribution in [0.15, 0.2) is 0 Å². The van der Waals surface area contributed by atoms with Gasteiger partial charge in [-0.1, -0.05) is 0 Å². The fraction of sp³-hybridized carbons (Fsp3) is 0.846. The molecule has 1 amide bonds. The van der Waals surface area contributed by atoms with Gasteiger partial charge in [-0.2, -0.15) is 0 Å². The number of hydrogen-bond donors (Lipinski definition) is 3. The highest BCUT2D eigenvalue weighted by molar-refractivity contribution is 5.83. The number of carboxylic acids is 1. The van der Waals surface area contributed by atoms with Crippen molar-refractivity contribution in [1.82, 2.24) is 10.6 Å². The van der Waals surface area contributed by atoms with Crippen LogP contribution in [-0.4, -0.2) is 35.6 Å². The van der Waals surface area contributed by atoms with Crippen molar-refractivity contribution in [3.05, 3.63) is 0 Å². The minimum Gasteiger partial charge on any atom is -0.481 e. The van der Waals surface area contributed by atoms with Crippen LogP contribution in [0.25, 0.3) is 0 Å². The Morgan fingerprint density at radius 3 is 2.61 bits per heavy atom. The van der Waals surface area contributed by atoms with E-state index < -0.39 is 5.97 Å². The molecule has 0 spiro atoms. The lowest BCUT2D eigenvalue weighted by Gasteiger charge is -2.29. The predicted octanol–water partition coefficient (Wildman–Crippen LogP) is 0.354. The number of carboxylic acid groups (broad SMARTS) is 1. The number of carbonyl (C=O) groups excluding carboxylic acids is 1. The molecule has 18 heavy (non-hydrogen) atoms. The van der Waals surface area contributed by atoms with Gasteiger partial charge in [0, 0.05) is 6.04 Å². The Bertz CT molecular complexity index is 365. The summed E-state index contributed by atoms with van der Waals surface area (Å²) in [4.78, 5) is 23.4. The van der Waals surface area contributed by atoms with E-state index in [0.717, 1.165) is 38.6 Å². The standard InChI is InChI=1S/C13H20N2O3/c16-12(9-2-1-5-14-9)15-11-8-4-3-7(6-8)10(11)13(17)18/h7-11,14H,1-6H2,(H,15,16)(H,17,18)/t7?,8?,9-,10?,11?/m0/s1. The van der Waals surface area contributed by atoms with Crippen molar-refractivity contribution >= 4 is 11.9 Å². The van der Waals surface area contributed by atoms with E-state index in [1.807, 2.05) is 0 Å². The largest absolute Gasteiger partial charge is 0.481 e. The fourth-order valence-corrected chi connectivity index (χ4v) is 4.03. The molecule has 2 bridgehead atoms. The molecule has 3 N–H and O–H groups in total. The third-order valence-electron chi connectivity index (χ3n) is 4.89. The van der Waals surface area contributed by atoms with Gasteiger partial charge >= 0.3 is 5.97 Å². The third kappa shape index (κ3) is 1.90. The maximum Gasteiger partial charge on any atom is 0.308 e. The molecular formula is C13H20N2O3. The number of amides is 1. The minimum absolute atomic E-state index is 0.00343. The Labute approximate surface area is 106 Å². The molecular weight excluding hydrogens is 232 g/mol. The van der Waals surface area contributed by atoms with Crippen molar-refractivity contribution in [3.63, 3.8) is 0 Å². The maximum atomic E-state index is 12.1. The number of aliphatic carboxylic acids is 1. The second-order valence-corrected chi connectivity index (χ2v) is 5.88. The molecule has 0 aromatic rings. The first kappa shape index (κ1) is 12.0. The van der Waals surface area contributed by atoms with Crippen LogP contribution in [0.5, 0.6) is 0 Å². The van der Waals surface area contributed by atoms with Crippen molar-refractivity contribution in [1.29, 1.82) is 0 Å². The number of rotatable bonds is 3. The highest BCUT2D eigenvalue weighted by atomic mass is 16.4. The van der Waals surface area contributed by atoms with Crippen molar-refractivity contribution in [2.75, 3.05) is 6.54 Å². The molecule has 1 aliphatic heterocycles. The molecule has 2 aliphatic carbocycles. The second-order valence-electron chi connectivity index (χ2n) is 5.88. The van der Waals surface area contributed by atoms with Gasteiger partial charge in [0.25, 0.3) is 0 Å². The molecule has 2 saturated carbocycles.